The molecular weight excluding hydrogens is 378 g/mol. The van der Waals surface area contributed by atoms with Crippen LogP contribution in [0.3, 0.4) is 0 Å². The molecule has 9 heteroatoms. The maximum absolute atomic E-state index is 11.5. The third-order valence-corrected chi connectivity index (χ3v) is 5.07. The van der Waals surface area contributed by atoms with Gasteiger partial charge in [0, 0.05) is 38.8 Å². The van der Waals surface area contributed by atoms with Crippen molar-refractivity contribution in [2.24, 2.45) is 0 Å². The lowest BCUT2D eigenvalue weighted by molar-refractivity contribution is -0.140. The van der Waals surface area contributed by atoms with Crippen LogP contribution in [0.5, 0.6) is 0 Å². The predicted octanol–water partition coefficient (Wildman–Crippen LogP) is 0.0795. The average Bonchev–Trinajstić information content (AvgIpc) is 2.68. The van der Waals surface area contributed by atoms with Crippen LogP contribution in [0.1, 0.15) is 11.1 Å². The van der Waals surface area contributed by atoms with Gasteiger partial charge in [0.1, 0.15) is 0 Å². The zero-order valence-corrected chi connectivity index (χ0v) is 16.7. The molecule has 1 atom stereocenters. The van der Waals surface area contributed by atoms with Crippen molar-refractivity contribution >= 4 is 17.9 Å². The number of aliphatic carboxylic acids is 3. The Kier molecular flexibility index (Phi) is 8.56. The summed E-state index contributed by atoms with van der Waals surface area (Å²) in [6.07, 6.45) is 0.586. The van der Waals surface area contributed by atoms with Crippen LogP contribution >= 0.6 is 0 Å². The minimum Gasteiger partial charge on any atom is -0.480 e. The van der Waals surface area contributed by atoms with Crippen molar-refractivity contribution in [3.63, 3.8) is 0 Å². The molecule has 0 radical (unpaired) electrons. The van der Waals surface area contributed by atoms with E-state index >= 15 is 0 Å². The van der Waals surface area contributed by atoms with Crippen LogP contribution in [-0.2, 0) is 20.8 Å². The van der Waals surface area contributed by atoms with Crippen molar-refractivity contribution in [3.05, 3.63) is 35.4 Å². The van der Waals surface area contributed by atoms with E-state index < -0.39 is 17.9 Å². The molecule has 9 nitrogen and oxygen atoms in total. The van der Waals surface area contributed by atoms with Gasteiger partial charge >= 0.3 is 17.9 Å². The van der Waals surface area contributed by atoms with Gasteiger partial charge in [0.25, 0.3) is 0 Å². The molecule has 1 aliphatic heterocycles. The summed E-state index contributed by atoms with van der Waals surface area (Å²) >= 11 is 0. The highest BCUT2D eigenvalue weighted by molar-refractivity contribution is 5.70. The first-order chi connectivity index (χ1) is 13.7. The van der Waals surface area contributed by atoms with Gasteiger partial charge in [-0.05, 0) is 18.9 Å². The van der Waals surface area contributed by atoms with Gasteiger partial charge in [0.05, 0.1) is 19.6 Å². The Hall–Kier alpha value is -2.49. The zero-order valence-electron chi connectivity index (χ0n) is 16.7. The van der Waals surface area contributed by atoms with Gasteiger partial charge in [0.15, 0.2) is 0 Å². The number of hydrogen-bond donors (Lipinski definition) is 3. The summed E-state index contributed by atoms with van der Waals surface area (Å²) in [5.41, 5.74) is 2.18. The summed E-state index contributed by atoms with van der Waals surface area (Å²) in [4.78, 5) is 39.2. The highest BCUT2D eigenvalue weighted by atomic mass is 16.4. The maximum Gasteiger partial charge on any atom is 0.317 e. The van der Waals surface area contributed by atoms with E-state index in [9.17, 15) is 24.6 Å². The SMILES string of the molecule is Cc1ccc(CC2CN(CC(=O)O)CCN(CC(=O)O)CCN2CC(=O)O)cc1. The molecule has 0 aliphatic carbocycles. The Morgan fingerprint density at radius 1 is 0.828 bits per heavy atom. The predicted molar refractivity (Wildman–Crippen MR) is 106 cm³/mol. The molecule has 0 bridgehead atoms. The van der Waals surface area contributed by atoms with Crippen molar-refractivity contribution in [1.29, 1.82) is 0 Å². The molecule has 1 saturated heterocycles. The molecule has 29 heavy (non-hydrogen) atoms. The van der Waals surface area contributed by atoms with Crippen molar-refractivity contribution in [3.8, 4) is 0 Å². The number of benzene rings is 1. The topological polar surface area (TPSA) is 122 Å². The molecule has 0 amide bonds. The largest absolute Gasteiger partial charge is 0.480 e. The van der Waals surface area contributed by atoms with Crippen LogP contribution in [0, 0.1) is 6.92 Å². The highest BCUT2D eigenvalue weighted by Crippen LogP contribution is 2.14. The zero-order chi connectivity index (χ0) is 21.4. The van der Waals surface area contributed by atoms with Crippen LogP contribution < -0.4 is 0 Å². The van der Waals surface area contributed by atoms with Crippen molar-refractivity contribution < 1.29 is 29.7 Å². The van der Waals surface area contributed by atoms with E-state index in [-0.39, 0.29) is 25.7 Å². The van der Waals surface area contributed by atoms with Crippen LogP contribution in [0.15, 0.2) is 24.3 Å². The summed E-state index contributed by atoms with van der Waals surface area (Å²) in [5.74, 6) is -2.89. The van der Waals surface area contributed by atoms with Gasteiger partial charge in [-0.15, -0.1) is 0 Å². The fourth-order valence-electron chi connectivity index (χ4n) is 3.61. The summed E-state index contributed by atoms with van der Waals surface area (Å²) in [7, 11) is 0. The fraction of sp³-hybridized carbons (Fsp3) is 0.550. The Balaban J connectivity index is 2.26. The number of carbonyl (C=O) groups is 3. The first kappa shape index (κ1) is 22.8. The van der Waals surface area contributed by atoms with Gasteiger partial charge in [-0.25, -0.2) is 0 Å². The smallest absolute Gasteiger partial charge is 0.317 e. The lowest BCUT2D eigenvalue weighted by atomic mass is 10.0. The number of aryl methyl sites for hydroxylation is 1. The summed E-state index contributed by atoms with van der Waals surface area (Å²) in [5, 5.41) is 27.8. The molecule has 2 rings (SSSR count). The van der Waals surface area contributed by atoms with E-state index in [2.05, 4.69) is 0 Å². The third kappa shape index (κ3) is 8.18. The fourth-order valence-corrected chi connectivity index (χ4v) is 3.61. The Labute approximate surface area is 170 Å². The molecule has 1 heterocycles. The molecule has 0 aromatic heterocycles. The molecule has 0 spiro atoms. The van der Waals surface area contributed by atoms with Gasteiger partial charge in [-0.1, -0.05) is 29.8 Å². The summed E-state index contributed by atoms with van der Waals surface area (Å²) in [6, 6.07) is 7.79. The van der Waals surface area contributed by atoms with E-state index in [0.29, 0.717) is 39.1 Å². The first-order valence-corrected chi connectivity index (χ1v) is 9.62. The van der Waals surface area contributed by atoms with Gasteiger partial charge in [-0.3, -0.25) is 29.1 Å². The molecular formula is C20H29N3O6. The third-order valence-electron chi connectivity index (χ3n) is 5.07. The molecule has 1 fully saturated rings. The minimum atomic E-state index is -0.965. The molecule has 160 valence electrons. The van der Waals surface area contributed by atoms with E-state index in [1.807, 2.05) is 36.1 Å². The molecule has 3 N–H and O–H groups in total. The molecule has 1 aliphatic rings. The van der Waals surface area contributed by atoms with Crippen molar-refractivity contribution in [1.82, 2.24) is 14.7 Å². The minimum absolute atomic E-state index is 0.162. The number of nitrogens with zero attached hydrogens (tertiary/aromatic N) is 3. The number of rotatable bonds is 8. The molecule has 0 saturated carbocycles. The molecule has 1 aromatic carbocycles. The second-order valence-electron chi connectivity index (χ2n) is 7.51. The Morgan fingerprint density at radius 2 is 1.34 bits per heavy atom. The average molecular weight is 407 g/mol. The van der Waals surface area contributed by atoms with Crippen molar-refractivity contribution in [2.45, 2.75) is 19.4 Å². The van der Waals surface area contributed by atoms with Crippen LogP contribution in [0.2, 0.25) is 0 Å². The monoisotopic (exact) mass is 407 g/mol. The van der Waals surface area contributed by atoms with E-state index in [1.165, 1.54) is 0 Å². The number of carboxylic acids is 3. The van der Waals surface area contributed by atoms with Gasteiger partial charge < -0.3 is 15.3 Å². The van der Waals surface area contributed by atoms with Crippen LogP contribution in [-0.4, -0.2) is 106 Å². The standard InChI is InChI=1S/C20H29N3O6/c1-15-2-4-16(5-3-15)10-17-11-22(13-19(26)27)7-6-21(12-18(24)25)8-9-23(17)14-20(28)29/h2-5,17H,6-14H2,1H3,(H,24,25)(H,26,27)(H,28,29). The normalized spacial score (nSPS) is 19.8. The van der Waals surface area contributed by atoms with Gasteiger partial charge in [0.2, 0.25) is 0 Å². The molecule has 1 unspecified atom stereocenters. The first-order valence-electron chi connectivity index (χ1n) is 9.62. The van der Waals surface area contributed by atoms with E-state index in [4.69, 9.17) is 5.11 Å². The van der Waals surface area contributed by atoms with Crippen LogP contribution in [0.25, 0.3) is 0 Å². The second-order valence-corrected chi connectivity index (χ2v) is 7.51. The summed E-state index contributed by atoms with van der Waals surface area (Å²) < 4.78 is 0. The number of carboxylic acid groups (broad SMARTS) is 3. The Morgan fingerprint density at radius 3 is 1.93 bits per heavy atom. The Bertz CT molecular complexity index is 709. The van der Waals surface area contributed by atoms with Crippen molar-refractivity contribution in [2.75, 3.05) is 52.4 Å². The van der Waals surface area contributed by atoms with Gasteiger partial charge in [-0.2, -0.15) is 0 Å². The lowest BCUT2D eigenvalue weighted by Gasteiger charge is -2.33. The maximum atomic E-state index is 11.5. The lowest BCUT2D eigenvalue weighted by Crippen LogP contribution is -2.49. The quantitative estimate of drug-likeness (QED) is 0.550. The second kappa shape index (κ2) is 10.9. The molecule has 1 aromatic rings. The van der Waals surface area contributed by atoms with E-state index in [1.54, 1.807) is 9.80 Å². The van der Waals surface area contributed by atoms with E-state index in [0.717, 1.165) is 11.1 Å². The number of hydrogen-bond acceptors (Lipinski definition) is 6. The van der Waals surface area contributed by atoms with Crippen LogP contribution in [0.4, 0.5) is 0 Å². The highest BCUT2D eigenvalue weighted by Gasteiger charge is 2.27. The summed E-state index contributed by atoms with van der Waals surface area (Å²) in [6.45, 7) is 3.50.